The van der Waals surface area contributed by atoms with Crippen molar-refractivity contribution in [2.75, 3.05) is 31.1 Å². The first kappa shape index (κ1) is 14.4. The predicted molar refractivity (Wildman–Crippen MR) is 82.6 cm³/mol. The highest BCUT2D eigenvalue weighted by Crippen LogP contribution is 2.26. The van der Waals surface area contributed by atoms with Gasteiger partial charge in [0.15, 0.2) is 5.82 Å². The van der Waals surface area contributed by atoms with Crippen LogP contribution < -0.4 is 4.90 Å². The highest BCUT2D eigenvalue weighted by molar-refractivity contribution is 7.15. The van der Waals surface area contributed by atoms with Crippen molar-refractivity contribution in [2.45, 2.75) is 33.2 Å². The Labute approximate surface area is 128 Å². The summed E-state index contributed by atoms with van der Waals surface area (Å²) in [6, 6.07) is 0. The fourth-order valence-electron chi connectivity index (χ4n) is 2.34. The van der Waals surface area contributed by atoms with E-state index in [1.54, 1.807) is 11.3 Å². The summed E-state index contributed by atoms with van der Waals surface area (Å²) in [6.45, 7) is 11.0. The molecule has 1 fully saturated rings. The highest BCUT2D eigenvalue weighted by atomic mass is 32.1. The van der Waals surface area contributed by atoms with Crippen LogP contribution in [0.3, 0.4) is 0 Å². The van der Waals surface area contributed by atoms with Crippen molar-refractivity contribution in [2.24, 2.45) is 0 Å². The summed E-state index contributed by atoms with van der Waals surface area (Å²) in [6.07, 6.45) is 0. The van der Waals surface area contributed by atoms with Crippen LogP contribution in [0.15, 0.2) is 0 Å². The molecule has 1 aliphatic heterocycles. The van der Waals surface area contributed by atoms with E-state index in [1.807, 2.05) is 6.92 Å². The van der Waals surface area contributed by atoms with Gasteiger partial charge < -0.3 is 4.90 Å². The number of aryl methyl sites for hydroxylation is 1. The molecule has 7 nitrogen and oxygen atoms in total. The van der Waals surface area contributed by atoms with Gasteiger partial charge in [-0.1, -0.05) is 25.2 Å². The highest BCUT2D eigenvalue weighted by Gasteiger charge is 2.21. The van der Waals surface area contributed by atoms with Gasteiger partial charge >= 0.3 is 0 Å². The number of rotatable bonds is 4. The van der Waals surface area contributed by atoms with Gasteiger partial charge in [0.25, 0.3) is 0 Å². The summed E-state index contributed by atoms with van der Waals surface area (Å²) in [5, 5.41) is 17.8. The average Bonchev–Trinajstić information content (AvgIpc) is 3.09. The first-order chi connectivity index (χ1) is 10.1. The number of nitrogens with zero attached hydrogens (tertiary/aromatic N) is 6. The lowest BCUT2D eigenvalue weighted by Gasteiger charge is -2.33. The molecule has 0 spiro atoms. The lowest BCUT2D eigenvalue weighted by Crippen LogP contribution is -2.46. The molecule has 114 valence electrons. The van der Waals surface area contributed by atoms with Crippen molar-refractivity contribution in [1.82, 2.24) is 30.3 Å². The van der Waals surface area contributed by atoms with E-state index >= 15 is 0 Å². The zero-order chi connectivity index (χ0) is 14.8. The Morgan fingerprint density at radius 1 is 1.19 bits per heavy atom. The van der Waals surface area contributed by atoms with E-state index in [9.17, 15) is 0 Å². The molecule has 3 rings (SSSR count). The maximum Gasteiger partial charge on any atom is 0.208 e. The van der Waals surface area contributed by atoms with Crippen LogP contribution in [0.5, 0.6) is 0 Å². The number of aromatic amines is 1. The predicted octanol–water partition coefficient (Wildman–Crippen LogP) is 1.41. The molecule has 0 saturated carbocycles. The minimum atomic E-state index is 0.450. The van der Waals surface area contributed by atoms with Crippen molar-refractivity contribution in [3.8, 4) is 0 Å². The summed E-state index contributed by atoms with van der Waals surface area (Å²) >= 11 is 1.71. The summed E-state index contributed by atoms with van der Waals surface area (Å²) in [4.78, 5) is 9.06. The number of hydrogen-bond acceptors (Lipinski definition) is 7. The van der Waals surface area contributed by atoms with Crippen LogP contribution in [0.2, 0.25) is 0 Å². The molecule has 0 radical (unpaired) electrons. The standard InChI is InChI=1S/C13H21N7S/c1-9(2)12-17-18-13(21-12)20-6-4-19(5-7-20)8-11-14-10(3)15-16-11/h9H,4-8H2,1-3H3,(H,14,15,16). The van der Waals surface area contributed by atoms with E-state index in [0.717, 1.165) is 54.5 Å². The molecule has 1 aliphatic rings. The number of piperazine rings is 1. The van der Waals surface area contributed by atoms with Gasteiger partial charge in [0.2, 0.25) is 5.13 Å². The minimum Gasteiger partial charge on any atom is -0.344 e. The molecule has 0 amide bonds. The van der Waals surface area contributed by atoms with Crippen LogP contribution in [0, 0.1) is 6.92 Å². The second-order valence-electron chi connectivity index (χ2n) is 5.68. The lowest BCUT2D eigenvalue weighted by atomic mass is 10.2. The molecule has 1 saturated heterocycles. The van der Waals surface area contributed by atoms with Gasteiger partial charge in [-0.25, -0.2) is 4.98 Å². The largest absolute Gasteiger partial charge is 0.344 e. The number of H-pyrrole nitrogens is 1. The molecule has 1 N–H and O–H groups in total. The van der Waals surface area contributed by atoms with Crippen LogP contribution in [-0.4, -0.2) is 56.5 Å². The molecule has 8 heteroatoms. The monoisotopic (exact) mass is 307 g/mol. The fourth-order valence-corrected chi connectivity index (χ4v) is 3.24. The van der Waals surface area contributed by atoms with Crippen molar-refractivity contribution in [1.29, 1.82) is 0 Å². The fraction of sp³-hybridized carbons (Fsp3) is 0.692. The smallest absolute Gasteiger partial charge is 0.208 e. The van der Waals surface area contributed by atoms with Gasteiger partial charge in [0, 0.05) is 32.1 Å². The van der Waals surface area contributed by atoms with Crippen LogP contribution in [0.25, 0.3) is 0 Å². The Kier molecular flexibility index (Phi) is 4.16. The molecular weight excluding hydrogens is 286 g/mol. The summed E-state index contributed by atoms with van der Waals surface area (Å²) in [5.41, 5.74) is 0. The topological polar surface area (TPSA) is 73.8 Å². The van der Waals surface area contributed by atoms with Gasteiger partial charge in [-0.2, -0.15) is 5.10 Å². The molecule has 0 atom stereocenters. The molecule has 3 heterocycles. The Balaban J connectivity index is 1.54. The molecule has 2 aromatic heterocycles. The first-order valence-electron chi connectivity index (χ1n) is 7.30. The van der Waals surface area contributed by atoms with E-state index in [1.165, 1.54) is 0 Å². The molecular formula is C13H21N7S. The maximum atomic E-state index is 4.36. The Bertz CT molecular complexity index is 583. The van der Waals surface area contributed by atoms with Crippen LogP contribution in [0.4, 0.5) is 5.13 Å². The zero-order valence-electron chi connectivity index (χ0n) is 12.7. The maximum absolute atomic E-state index is 4.36. The molecule has 0 unspecified atom stereocenters. The molecule has 21 heavy (non-hydrogen) atoms. The van der Waals surface area contributed by atoms with E-state index in [0.29, 0.717) is 5.92 Å². The number of aromatic nitrogens is 5. The van der Waals surface area contributed by atoms with Crippen molar-refractivity contribution < 1.29 is 0 Å². The summed E-state index contributed by atoms with van der Waals surface area (Å²) < 4.78 is 0. The molecule has 0 aromatic carbocycles. The first-order valence-corrected chi connectivity index (χ1v) is 8.12. The minimum absolute atomic E-state index is 0.450. The third kappa shape index (κ3) is 3.38. The third-order valence-electron chi connectivity index (χ3n) is 3.58. The van der Waals surface area contributed by atoms with Gasteiger partial charge in [0.05, 0.1) is 6.54 Å². The van der Waals surface area contributed by atoms with Crippen molar-refractivity contribution in [3.05, 3.63) is 16.7 Å². The summed E-state index contributed by atoms with van der Waals surface area (Å²) in [7, 11) is 0. The van der Waals surface area contributed by atoms with Crippen molar-refractivity contribution >= 4 is 16.5 Å². The second-order valence-corrected chi connectivity index (χ2v) is 6.67. The van der Waals surface area contributed by atoms with Crippen LogP contribution in [-0.2, 0) is 6.54 Å². The Hall–Kier alpha value is -1.54. The molecule has 0 bridgehead atoms. The van der Waals surface area contributed by atoms with Crippen LogP contribution in [0.1, 0.15) is 36.4 Å². The van der Waals surface area contributed by atoms with E-state index in [4.69, 9.17) is 0 Å². The quantitative estimate of drug-likeness (QED) is 0.920. The van der Waals surface area contributed by atoms with Gasteiger partial charge in [-0.15, -0.1) is 10.2 Å². The van der Waals surface area contributed by atoms with Gasteiger partial charge in [0.1, 0.15) is 10.8 Å². The Morgan fingerprint density at radius 2 is 1.95 bits per heavy atom. The Morgan fingerprint density at radius 3 is 2.52 bits per heavy atom. The molecule has 0 aliphatic carbocycles. The number of nitrogens with one attached hydrogen (secondary N) is 1. The van der Waals surface area contributed by atoms with E-state index in [-0.39, 0.29) is 0 Å². The summed E-state index contributed by atoms with van der Waals surface area (Å²) in [5.74, 6) is 2.20. The van der Waals surface area contributed by atoms with E-state index < -0.39 is 0 Å². The molecule has 2 aromatic rings. The number of hydrogen-bond donors (Lipinski definition) is 1. The van der Waals surface area contributed by atoms with Gasteiger partial charge in [-0.05, 0) is 6.92 Å². The second kappa shape index (κ2) is 6.07. The third-order valence-corrected chi connectivity index (χ3v) is 4.86. The van der Waals surface area contributed by atoms with E-state index in [2.05, 4.69) is 49.0 Å². The SMILES string of the molecule is Cc1nc(CN2CCN(c3nnc(C(C)C)s3)CC2)n[nH]1. The van der Waals surface area contributed by atoms with Crippen LogP contribution >= 0.6 is 11.3 Å². The van der Waals surface area contributed by atoms with Crippen molar-refractivity contribution in [3.63, 3.8) is 0 Å². The lowest BCUT2D eigenvalue weighted by molar-refractivity contribution is 0.244. The zero-order valence-corrected chi connectivity index (χ0v) is 13.5. The normalized spacial score (nSPS) is 16.9. The average molecular weight is 307 g/mol. The number of anilines is 1. The van der Waals surface area contributed by atoms with Gasteiger partial charge in [-0.3, -0.25) is 10.00 Å².